The Balaban J connectivity index is 2.11. The van der Waals surface area contributed by atoms with E-state index in [1.807, 2.05) is 20.0 Å². The molecule has 2 aromatic heterocycles. The van der Waals surface area contributed by atoms with Crippen LogP contribution in [0.5, 0.6) is 11.8 Å². The maximum Gasteiger partial charge on any atom is 0.226 e. The second kappa shape index (κ2) is 5.48. The Bertz CT molecular complexity index is 523. The van der Waals surface area contributed by atoms with Gasteiger partial charge in [0.15, 0.2) is 0 Å². The van der Waals surface area contributed by atoms with Crippen LogP contribution in [0.4, 0.5) is 5.82 Å². The van der Waals surface area contributed by atoms with E-state index in [4.69, 9.17) is 4.74 Å². The topological polar surface area (TPSA) is 64.9 Å². The van der Waals surface area contributed by atoms with Crippen LogP contribution in [0, 0.1) is 6.92 Å². The maximum atomic E-state index is 5.66. The molecule has 0 unspecified atom stereocenters. The van der Waals surface area contributed by atoms with E-state index in [9.17, 15) is 0 Å². The lowest BCUT2D eigenvalue weighted by Gasteiger charge is -2.06. The molecular formula is C12H17N5O. The highest BCUT2D eigenvalue weighted by Crippen LogP contribution is 2.20. The van der Waals surface area contributed by atoms with E-state index in [2.05, 4.69) is 27.3 Å². The van der Waals surface area contributed by atoms with E-state index in [0.717, 1.165) is 24.5 Å². The molecule has 96 valence electrons. The lowest BCUT2D eigenvalue weighted by atomic mass is 10.4. The Morgan fingerprint density at radius 1 is 1.33 bits per heavy atom. The zero-order valence-electron chi connectivity index (χ0n) is 10.8. The van der Waals surface area contributed by atoms with Crippen molar-refractivity contribution in [2.45, 2.75) is 20.3 Å². The molecule has 0 saturated heterocycles. The minimum atomic E-state index is 0.506. The number of aromatic nitrogens is 4. The fraction of sp³-hybridized carbons (Fsp3) is 0.417. The quantitative estimate of drug-likeness (QED) is 0.876. The van der Waals surface area contributed by atoms with Crippen LogP contribution < -0.4 is 10.1 Å². The third kappa shape index (κ3) is 2.97. The van der Waals surface area contributed by atoms with Crippen LogP contribution in [-0.4, -0.2) is 26.3 Å². The molecule has 0 aliphatic heterocycles. The van der Waals surface area contributed by atoms with Gasteiger partial charge in [-0.25, -0.2) is 14.6 Å². The van der Waals surface area contributed by atoms with Gasteiger partial charge in [-0.15, -0.1) is 0 Å². The lowest BCUT2D eigenvalue weighted by Crippen LogP contribution is -2.03. The second-order valence-corrected chi connectivity index (χ2v) is 4.02. The van der Waals surface area contributed by atoms with Gasteiger partial charge in [-0.1, -0.05) is 6.92 Å². The molecule has 0 amide bonds. The Kier molecular flexibility index (Phi) is 3.76. The molecule has 1 N–H and O–H groups in total. The van der Waals surface area contributed by atoms with Gasteiger partial charge in [-0.05, 0) is 13.3 Å². The van der Waals surface area contributed by atoms with Gasteiger partial charge in [0, 0.05) is 25.7 Å². The van der Waals surface area contributed by atoms with E-state index < -0.39 is 0 Å². The average molecular weight is 247 g/mol. The van der Waals surface area contributed by atoms with Crippen LogP contribution in [0.3, 0.4) is 0 Å². The first kappa shape index (κ1) is 12.3. The van der Waals surface area contributed by atoms with Crippen LogP contribution in [0.1, 0.15) is 19.0 Å². The van der Waals surface area contributed by atoms with Gasteiger partial charge in [-0.2, -0.15) is 5.10 Å². The van der Waals surface area contributed by atoms with Crippen molar-refractivity contribution in [3.05, 3.63) is 24.2 Å². The van der Waals surface area contributed by atoms with Crippen molar-refractivity contribution >= 4 is 5.82 Å². The van der Waals surface area contributed by atoms with Gasteiger partial charge >= 0.3 is 0 Å². The zero-order valence-corrected chi connectivity index (χ0v) is 10.8. The van der Waals surface area contributed by atoms with Crippen molar-refractivity contribution in [3.63, 3.8) is 0 Å². The van der Waals surface area contributed by atoms with Crippen molar-refractivity contribution in [2.24, 2.45) is 7.05 Å². The molecule has 2 rings (SSSR count). The highest BCUT2D eigenvalue weighted by molar-refractivity contribution is 5.38. The first-order valence-corrected chi connectivity index (χ1v) is 5.93. The van der Waals surface area contributed by atoms with Gasteiger partial charge in [0.1, 0.15) is 12.1 Å². The van der Waals surface area contributed by atoms with Crippen LogP contribution in [-0.2, 0) is 7.05 Å². The summed E-state index contributed by atoms with van der Waals surface area (Å²) in [4.78, 5) is 8.20. The van der Waals surface area contributed by atoms with Crippen molar-refractivity contribution in [3.8, 4) is 11.8 Å². The van der Waals surface area contributed by atoms with Gasteiger partial charge in [0.05, 0.1) is 5.69 Å². The number of hydrogen-bond donors (Lipinski definition) is 1. The summed E-state index contributed by atoms with van der Waals surface area (Å²) in [6, 6.07) is 3.64. The molecule has 0 saturated carbocycles. The largest absolute Gasteiger partial charge is 0.421 e. The summed E-state index contributed by atoms with van der Waals surface area (Å²) in [5, 5.41) is 7.40. The third-order valence-corrected chi connectivity index (χ3v) is 2.37. The number of anilines is 1. The van der Waals surface area contributed by atoms with Gasteiger partial charge in [0.25, 0.3) is 0 Å². The Morgan fingerprint density at radius 2 is 2.17 bits per heavy atom. The summed E-state index contributed by atoms with van der Waals surface area (Å²) in [7, 11) is 1.83. The van der Waals surface area contributed by atoms with Crippen LogP contribution in [0.15, 0.2) is 18.5 Å². The van der Waals surface area contributed by atoms with Crippen LogP contribution in [0.2, 0.25) is 0 Å². The predicted molar refractivity (Wildman–Crippen MR) is 68.8 cm³/mol. The molecule has 0 aliphatic rings. The van der Waals surface area contributed by atoms with Gasteiger partial charge in [0.2, 0.25) is 11.8 Å². The molecule has 0 radical (unpaired) electrons. The fourth-order valence-corrected chi connectivity index (χ4v) is 1.53. The maximum absolute atomic E-state index is 5.66. The molecule has 0 fully saturated rings. The standard InChI is InChI=1S/C12H17N5O/c1-4-5-13-10-7-11(15-8-14-10)18-12-6-9(2)16-17(12)3/h6-8H,4-5H2,1-3H3,(H,13,14,15). The van der Waals surface area contributed by atoms with E-state index in [0.29, 0.717) is 11.8 Å². The van der Waals surface area contributed by atoms with Gasteiger partial charge < -0.3 is 10.1 Å². The van der Waals surface area contributed by atoms with Crippen LogP contribution >= 0.6 is 0 Å². The fourth-order valence-electron chi connectivity index (χ4n) is 1.53. The highest BCUT2D eigenvalue weighted by atomic mass is 16.5. The Labute approximate surface area is 106 Å². The Morgan fingerprint density at radius 3 is 2.83 bits per heavy atom. The highest BCUT2D eigenvalue weighted by Gasteiger charge is 2.06. The first-order chi connectivity index (χ1) is 8.69. The predicted octanol–water partition coefficient (Wildman–Crippen LogP) is 2.13. The zero-order chi connectivity index (χ0) is 13.0. The smallest absolute Gasteiger partial charge is 0.226 e. The number of nitrogens with one attached hydrogen (secondary N) is 1. The Hall–Kier alpha value is -2.11. The number of rotatable bonds is 5. The molecule has 6 nitrogen and oxygen atoms in total. The monoisotopic (exact) mass is 247 g/mol. The molecule has 0 spiro atoms. The summed E-state index contributed by atoms with van der Waals surface area (Å²) in [5.74, 6) is 1.93. The molecular weight excluding hydrogens is 230 g/mol. The molecule has 0 aliphatic carbocycles. The number of nitrogens with zero attached hydrogens (tertiary/aromatic N) is 4. The van der Waals surface area contributed by atoms with Crippen molar-refractivity contribution in [1.29, 1.82) is 0 Å². The van der Waals surface area contributed by atoms with Crippen molar-refractivity contribution in [1.82, 2.24) is 19.7 Å². The summed E-state index contributed by atoms with van der Waals surface area (Å²) in [5.41, 5.74) is 0.908. The summed E-state index contributed by atoms with van der Waals surface area (Å²) < 4.78 is 7.34. The molecule has 0 atom stereocenters. The van der Waals surface area contributed by atoms with E-state index in [1.54, 1.807) is 10.7 Å². The number of ether oxygens (including phenoxy) is 1. The number of hydrogen-bond acceptors (Lipinski definition) is 5. The SMILES string of the molecule is CCCNc1cc(Oc2cc(C)nn2C)ncn1. The van der Waals surface area contributed by atoms with Gasteiger partial charge in [-0.3, -0.25) is 0 Å². The van der Waals surface area contributed by atoms with Crippen molar-refractivity contribution in [2.75, 3.05) is 11.9 Å². The first-order valence-electron chi connectivity index (χ1n) is 5.93. The molecule has 6 heteroatoms. The van der Waals surface area contributed by atoms with E-state index in [-0.39, 0.29) is 0 Å². The van der Waals surface area contributed by atoms with Crippen molar-refractivity contribution < 1.29 is 4.74 Å². The minimum Gasteiger partial charge on any atom is -0.421 e. The lowest BCUT2D eigenvalue weighted by molar-refractivity contribution is 0.415. The molecule has 2 heterocycles. The third-order valence-electron chi connectivity index (χ3n) is 2.37. The molecule has 2 aromatic rings. The molecule has 0 aromatic carbocycles. The molecule has 18 heavy (non-hydrogen) atoms. The summed E-state index contributed by atoms with van der Waals surface area (Å²) in [6.07, 6.45) is 2.53. The average Bonchev–Trinajstić information content (AvgIpc) is 2.66. The van der Waals surface area contributed by atoms with Crippen LogP contribution in [0.25, 0.3) is 0 Å². The number of aryl methyl sites for hydroxylation is 2. The molecule has 0 bridgehead atoms. The second-order valence-electron chi connectivity index (χ2n) is 4.02. The minimum absolute atomic E-state index is 0.506. The summed E-state index contributed by atoms with van der Waals surface area (Å²) in [6.45, 7) is 4.90. The van der Waals surface area contributed by atoms with E-state index >= 15 is 0 Å². The van der Waals surface area contributed by atoms with E-state index in [1.165, 1.54) is 6.33 Å². The summed E-state index contributed by atoms with van der Waals surface area (Å²) >= 11 is 0. The normalized spacial score (nSPS) is 10.4.